The smallest absolute Gasteiger partial charge is 0.259 e. The number of fused-ring (bicyclic) bond motifs is 1. The maximum Gasteiger partial charge on any atom is 0.259 e. The number of aromatic nitrogens is 2. The predicted octanol–water partition coefficient (Wildman–Crippen LogP) is 3.37. The molecule has 132 valence electrons. The molecule has 0 unspecified atom stereocenters. The van der Waals surface area contributed by atoms with E-state index in [1.54, 1.807) is 18.2 Å². The fourth-order valence-corrected chi connectivity index (χ4v) is 2.85. The third-order valence-corrected chi connectivity index (χ3v) is 4.18. The minimum Gasteiger partial charge on any atom is -0.496 e. The van der Waals surface area contributed by atoms with Gasteiger partial charge in [0.2, 0.25) is 6.79 Å². The van der Waals surface area contributed by atoms with Gasteiger partial charge in [-0.05, 0) is 37.3 Å². The van der Waals surface area contributed by atoms with Crippen molar-refractivity contribution in [2.75, 3.05) is 19.2 Å². The first kappa shape index (κ1) is 16.0. The van der Waals surface area contributed by atoms with Crippen LogP contribution in [-0.4, -0.2) is 30.0 Å². The van der Waals surface area contributed by atoms with Gasteiger partial charge in [0.15, 0.2) is 11.5 Å². The number of hydrogen-bond acceptors (Lipinski definition) is 5. The number of anilines is 1. The third kappa shape index (κ3) is 2.73. The Balaban J connectivity index is 1.68. The van der Waals surface area contributed by atoms with Crippen molar-refractivity contribution in [1.29, 1.82) is 0 Å². The van der Waals surface area contributed by atoms with Crippen molar-refractivity contribution >= 4 is 11.6 Å². The molecule has 26 heavy (non-hydrogen) atoms. The molecular weight excluding hydrogens is 334 g/mol. The molecule has 2 heterocycles. The van der Waals surface area contributed by atoms with Gasteiger partial charge in [-0.1, -0.05) is 12.1 Å². The van der Waals surface area contributed by atoms with Gasteiger partial charge in [0.25, 0.3) is 5.91 Å². The van der Waals surface area contributed by atoms with Crippen molar-refractivity contribution < 1.29 is 19.0 Å². The van der Waals surface area contributed by atoms with E-state index >= 15 is 0 Å². The summed E-state index contributed by atoms with van der Waals surface area (Å²) in [6.45, 7) is 2.05. The first-order valence-corrected chi connectivity index (χ1v) is 8.06. The fourth-order valence-electron chi connectivity index (χ4n) is 2.85. The average Bonchev–Trinajstić information content (AvgIpc) is 3.28. The lowest BCUT2D eigenvalue weighted by Crippen LogP contribution is -2.14. The topological polar surface area (TPSA) is 85.5 Å². The summed E-state index contributed by atoms with van der Waals surface area (Å²) >= 11 is 0. The lowest BCUT2D eigenvalue weighted by Gasteiger charge is -2.10. The van der Waals surface area contributed by atoms with Crippen molar-refractivity contribution in [3.8, 4) is 28.5 Å². The van der Waals surface area contributed by atoms with Crippen LogP contribution in [0.3, 0.4) is 0 Å². The van der Waals surface area contributed by atoms with Crippen LogP contribution in [0.1, 0.15) is 16.1 Å². The Labute approximate surface area is 149 Å². The monoisotopic (exact) mass is 351 g/mol. The molecule has 0 saturated carbocycles. The van der Waals surface area contributed by atoms with Gasteiger partial charge in [-0.2, -0.15) is 5.10 Å². The van der Waals surface area contributed by atoms with Gasteiger partial charge in [-0.3, -0.25) is 9.89 Å². The number of rotatable bonds is 4. The number of carbonyl (C=O) groups excluding carboxylic acids is 1. The molecule has 1 aliphatic rings. The number of hydrogen-bond donors (Lipinski definition) is 2. The summed E-state index contributed by atoms with van der Waals surface area (Å²) < 4.78 is 16.0. The van der Waals surface area contributed by atoms with Gasteiger partial charge in [0.1, 0.15) is 11.4 Å². The molecule has 1 aromatic heterocycles. The number of benzene rings is 2. The number of carbonyl (C=O) groups is 1. The van der Waals surface area contributed by atoms with Gasteiger partial charge in [-0.15, -0.1) is 0 Å². The second kappa shape index (κ2) is 6.44. The quantitative estimate of drug-likeness (QED) is 0.753. The van der Waals surface area contributed by atoms with E-state index in [-0.39, 0.29) is 12.7 Å². The lowest BCUT2D eigenvalue weighted by atomic mass is 10.1. The summed E-state index contributed by atoms with van der Waals surface area (Å²) in [5.74, 6) is 1.59. The van der Waals surface area contributed by atoms with Gasteiger partial charge in [-0.25, -0.2) is 0 Å². The second-order valence-electron chi connectivity index (χ2n) is 5.79. The highest BCUT2D eigenvalue weighted by Crippen LogP contribution is 2.38. The number of aryl methyl sites for hydroxylation is 1. The highest BCUT2D eigenvalue weighted by Gasteiger charge is 2.20. The first-order chi connectivity index (χ1) is 12.7. The first-order valence-electron chi connectivity index (χ1n) is 8.06. The van der Waals surface area contributed by atoms with Crippen LogP contribution in [0.2, 0.25) is 0 Å². The van der Waals surface area contributed by atoms with Crippen LogP contribution in [-0.2, 0) is 0 Å². The van der Waals surface area contributed by atoms with E-state index < -0.39 is 0 Å². The van der Waals surface area contributed by atoms with Crippen molar-refractivity contribution in [2.24, 2.45) is 0 Å². The van der Waals surface area contributed by atoms with Gasteiger partial charge < -0.3 is 19.5 Å². The minimum absolute atomic E-state index is 0.204. The van der Waals surface area contributed by atoms with Crippen LogP contribution >= 0.6 is 0 Å². The highest BCUT2D eigenvalue weighted by molar-refractivity contribution is 6.08. The molecule has 1 amide bonds. The minimum atomic E-state index is -0.269. The summed E-state index contributed by atoms with van der Waals surface area (Å²) in [5.41, 5.74) is 3.26. The number of para-hydroxylation sites is 1. The zero-order chi connectivity index (χ0) is 18.1. The Hall–Kier alpha value is -3.48. The molecule has 7 nitrogen and oxygen atoms in total. The normalized spacial score (nSPS) is 12.1. The van der Waals surface area contributed by atoms with Crippen LogP contribution in [0.4, 0.5) is 5.69 Å². The molecule has 0 spiro atoms. The fraction of sp³-hybridized carbons (Fsp3) is 0.158. The maximum absolute atomic E-state index is 12.7. The highest BCUT2D eigenvalue weighted by atomic mass is 16.7. The summed E-state index contributed by atoms with van der Waals surface area (Å²) in [6, 6.07) is 12.6. The number of H-pyrrole nitrogens is 1. The number of nitrogens with one attached hydrogen (secondary N) is 2. The second-order valence-corrected chi connectivity index (χ2v) is 5.79. The summed E-state index contributed by atoms with van der Waals surface area (Å²) in [4.78, 5) is 12.7. The molecule has 4 rings (SSSR count). The molecule has 0 bridgehead atoms. The van der Waals surface area contributed by atoms with E-state index in [4.69, 9.17) is 14.2 Å². The predicted molar refractivity (Wildman–Crippen MR) is 95.8 cm³/mol. The zero-order valence-electron chi connectivity index (χ0n) is 14.3. The SMILES string of the molecule is COc1ccccc1C(=O)Nc1c(-c2ccc3c(c2)OCO3)n[nH]c1C. The molecule has 3 aromatic rings. The Bertz CT molecular complexity index is 981. The summed E-state index contributed by atoms with van der Waals surface area (Å²) in [6.07, 6.45) is 0. The van der Waals surface area contributed by atoms with Crippen LogP contribution in [0.5, 0.6) is 17.2 Å². The average molecular weight is 351 g/mol. The molecule has 0 radical (unpaired) electrons. The summed E-state index contributed by atoms with van der Waals surface area (Å²) in [5, 5.41) is 10.2. The lowest BCUT2D eigenvalue weighted by molar-refractivity contribution is 0.102. The number of ether oxygens (including phenoxy) is 3. The molecule has 7 heteroatoms. The van der Waals surface area contributed by atoms with Gasteiger partial charge in [0, 0.05) is 5.56 Å². The van der Waals surface area contributed by atoms with Crippen molar-refractivity contribution in [2.45, 2.75) is 6.92 Å². The Morgan fingerprint density at radius 2 is 2.00 bits per heavy atom. The molecule has 2 N–H and O–H groups in total. The molecule has 0 aliphatic carbocycles. The van der Waals surface area contributed by atoms with Gasteiger partial charge in [0.05, 0.1) is 24.1 Å². The third-order valence-electron chi connectivity index (χ3n) is 4.18. The largest absolute Gasteiger partial charge is 0.496 e. The maximum atomic E-state index is 12.7. The van der Waals surface area contributed by atoms with Gasteiger partial charge >= 0.3 is 0 Å². The van der Waals surface area contributed by atoms with Crippen LogP contribution in [0.15, 0.2) is 42.5 Å². The van der Waals surface area contributed by atoms with E-state index in [0.29, 0.717) is 34.2 Å². The Kier molecular flexibility index (Phi) is 3.96. The zero-order valence-corrected chi connectivity index (χ0v) is 14.3. The molecule has 0 atom stereocenters. The van der Waals surface area contributed by atoms with Crippen LogP contribution in [0.25, 0.3) is 11.3 Å². The standard InChI is InChI=1S/C19H17N3O4/c1-11-17(20-19(23)13-5-3-4-6-14(13)24-2)18(22-21-11)12-7-8-15-16(9-12)26-10-25-15/h3-9H,10H2,1-2H3,(H,20,23)(H,21,22). The van der Waals surface area contributed by atoms with E-state index in [9.17, 15) is 4.79 Å². The van der Waals surface area contributed by atoms with Crippen molar-refractivity contribution in [1.82, 2.24) is 10.2 Å². The van der Waals surface area contributed by atoms with E-state index in [1.807, 2.05) is 31.2 Å². The number of nitrogens with zero attached hydrogens (tertiary/aromatic N) is 1. The van der Waals surface area contributed by atoms with E-state index in [2.05, 4.69) is 15.5 Å². The Morgan fingerprint density at radius 1 is 1.19 bits per heavy atom. The van der Waals surface area contributed by atoms with E-state index in [1.165, 1.54) is 7.11 Å². The number of aromatic amines is 1. The Morgan fingerprint density at radius 3 is 2.85 bits per heavy atom. The van der Waals surface area contributed by atoms with Crippen LogP contribution in [0, 0.1) is 6.92 Å². The van der Waals surface area contributed by atoms with Crippen molar-refractivity contribution in [3.63, 3.8) is 0 Å². The van der Waals surface area contributed by atoms with Crippen molar-refractivity contribution in [3.05, 3.63) is 53.7 Å². The number of amides is 1. The molecule has 0 fully saturated rings. The summed E-state index contributed by atoms with van der Waals surface area (Å²) in [7, 11) is 1.53. The molecular formula is C19H17N3O4. The van der Waals surface area contributed by atoms with E-state index in [0.717, 1.165) is 11.3 Å². The van der Waals surface area contributed by atoms with Crippen LogP contribution < -0.4 is 19.5 Å². The molecule has 0 saturated heterocycles. The molecule has 1 aliphatic heterocycles. The molecule has 2 aromatic carbocycles. The number of methoxy groups -OCH3 is 1.